The number of benzene rings is 1. The molecule has 0 N–H and O–H groups in total. The van der Waals surface area contributed by atoms with Crippen molar-refractivity contribution in [3.05, 3.63) is 41.1 Å². The van der Waals surface area contributed by atoms with Gasteiger partial charge in [0.15, 0.2) is 6.10 Å². The number of hydrogen-bond donors (Lipinski definition) is 0. The van der Waals surface area contributed by atoms with Crippen molar-refractivity contribution in [2.75, 3.05) is 25.1 Å². The molecular formula is C24H33N3O3. The predicted octanol–water partition coefficient (Wildman–Crippen LogP) is 4.78. The fourth-order valence-electron chi connectivity index (χ4n) is 3.73. The summed E-state index contributed by atoms with van der Waals surface area (Å²) in [6.45, 7) is 11.6. The van der Waals surface area contributed by atoms with Gasteiger partial charge in [0, 0.05) is 29.9 Å². The minimum absolute atomic E-state index is 0.448. The number of anilines is 1. The van der Waals surface area contributed by atoms with Crippen molar-refractivity contribution in [1.82, 2.24) is 9.97 Å². The molecule has 3 rings (SSSR count). The highest BCUT2D eigenvalue weighted by atomic mass is 16.6. The highest BCUT2D eigenvalue weighted by Gasteiger charge is 2.33. The standard InChI is InChI=1S/C24H33N3O3/c1-16-10-12-18(13-11-16)20-19(21(22(28)29-6)30-24(3,4)5)17(2)25-23(26-20)27-14-8-7-9-15-27/h10-13,21H,7-9,14-15H2,1-6H3. The van der Waals surface area contributed by atoms with Crippen LogP contribution in [0, 0.1) is 13.8 Å². The molecule has 1 unspecified atom stereocenters. The zero-order valence-corrected chi connectivity index (χ0v) is 19.0. The van der Waals surface area contributed by atoms with Crippen LogP contribution in [0.2, 0.25) is 0 Å². The lowest BCUT2D eigenvalue weighted by molar-refractivity contribution is -0.164. The molecule has 1 aromatic heterocycles. The quantitative estimate of drug-likeness (QED) is 0.660. The van der Waals surface area contributed by atoms with Gasteiger partial charge in [-0.15, -0.1) is 0 Å². The summed E-state index contributed by atoms with van der Waals surface area (Å²) in [6.07, 6.45) is 2.62. The van der Waals surface area contributed by atoms with Crippen LogP contribution in [0.4, 0.5) is 5.95 Å². The first-order valence-electron chi connectivity index (χ1n) is 10.7. The topological polar surface area (TPSA) is 64.6 Å². The summed E-state index contributed by atoms with van der Waals surface area (Å²) >= 11 is 0. The number of carbonyl (C=O) groups is 1. The molecule has 0 saturated carbocycles. The highest BCUT2D eigenvalue weighted by Crippen LogP contribution is 2.35. The summed E-state index contributed by atoms with van der Waals surface area (Å²) in [6, 6.07) is 8.17. The van der Waals surface area contributed by atoms with Gasteiger partial charge in [-0.1, -0.05) is 29.8 Å². The van der Waals surface area contributed by atoms with Gasteiger partial charge in [-0.3, -0.25) is 0 Å². The molecule has 2 aromatic rings. The van der Waals surface area contributed by atoms with Crippen LogP contribution in [-0.2, 0) is 14.3 Å². The number of hydrogen-bond acceptors (Lipinski definition) is 6. The van der Waals surface area contributed by atoms with Crippen molar-refractivity contribution in [1.29, 1.82) is 0 Å². The lowest BCUT2D eigenvalue weighted by atomic mass is 9.98. The zero-order chi connectivity index (χ0) is 21.9. The van der Waals surface area contributed by atoms with Gasteiger partial charge >= 0.3 is 5.97 Å². The molecular weight excluding hydrogens is 378 g/mol. The third-order valence-corrected chi connectivity index (χ3v) is 5.24. The van der Waals surface area contributed by atoms with Gasteiger partial charge in [-0.25, -0.2) is 14.8 Å². The molecule has 0 bridgehead atoms. The van der Waals surface area contributed by atoms with E-state index in [0.29, 0.717) is 11.5 Å². The van der Waals surface area contributed by atoms with Gasteiger partial charge in [-0.05, 0) is 53.9 Å². The van der Waals surface area contributed by atoms with Gasteiger partial charge < -0.3 is 14.4 Å². The Kier molecular flexibility index (Phi) is 6.76. The molecule has 0 aliphatic carbocycles. The predicted molar refractivity (Wildman–Crippen MR) is 119 cm³/mol. The molecule has 162 valence electrons. The lowest BCUT2D eigenvalue weighted by Gasteiger charge is -2.30. The summed E-state index contributed by atoms with van der Waals surface area (Å²) in [5.41, 5.74) is 3.69. The number of esters is 1. The first-order valence-corrected chi connectivity index (χ1v) is 10.7. The van der Waals surface area contributed by atoms with Gasteiger partial charge in [0.1, 0.15) is 0 Å². The molecule has 6 nitrogen and oxygen atoms in total. The second kappa shape index (κ2) is 9.13. The SMILES string of the molecule is COC(=O)C(OC(C)(C)C)c1c(C)nc(N2CCCCC2)nc1-c1ccc(C)cc1. The van der Waals surface area contributed by atoms with Crippen molar-refractivity contribution >= 4 is 11.9 Å². The van der Waals surface area contributed by atoms with Crippen LogP contribution >= 0.6 is 0 Å². The minimum Gasteiger partial charge on any atom is -0.467 e. The molecule has 1 fully saturated rings. The molecule has 1 atom stereocenters. The Balaban J connectivity index is 2.18. The van der Waals surface area contributed by atoms with E-state index in [9.17, 15) is 4.79 Å². The summed E-state index contributed by atoms with van der Waals surface area (Å²) in [5, 5.41) is 0. The van der Waals surface area contributed by atoms with Crippen molar-refractivity contribution in [3.63, 3.8) is 0 Å². The van der Waals surface area contributed by atoms with Crippen LogP contribution in [0.3, 0.4) is 0 Å². The molecule has 0 radical (unpaired) electrons. The molecule has 1 aliphatic rings. The smallest absolute Gasteiger partial charge is 0.339 e. The molecule has 1 saturated heterocycles. The van der Waals surface area contributed by atoms with Crippen LogP contribution in [0.5, 0.6) is 0 Å². The summed E-state index contributed by atoms with van der Waals surface area (Å²) in [7, 11) is 1.38. The number of piperidine rings is 1. The Morgan fingerprint density at radius 2 is 1.67 bits per heavy atom. The van der Waals surface area contributed by atoms with Gasteiger partial charge in [0.25, 0.3) is 0 Å². The Hall–Kier alpha value is -2.47. The second-order valence-corrected chi connectivity index (χ2v) is 8.92. The average Bonchev–Trinajstić information content (AvgIpc) is 2.71. The largest absolute Gasteiger partial charge is 0.467 e. The number of nitrogens with zero attached hydrogens (tertiary/aromatic N) is 3. The first-order chi connectivity index (χ1) is 14.2. The number of aryl methyl sites for hydroxylation is 2. The molecule has 2 heterocycles. The third kappa shape index (κ3) is 5.17. The van der Waals surface area contributed by atoms with E-state index in [0.717, 1.165) is 48.4 Å². The Labute approximate surface area is 179 Å². The number of ether oxygens (including phenoxy) is 2. The van der Waals surface area contributed by atoms with Crippen molar-refractivity contribution < 1.29 is 14.3 Å². The zero-order valence-electron chi connectivity index (χ0n) is 19.0. The van der Waals surface area contributed by atoms with E-state index in [1.807, 2.05) is 39.8 Å². The van der Waals surface area contributed by atoms with E-state index in [2.05, 4.69) is 24.0 Å². The molecule has 1 aliphatic heterocycles. The van der Waals surface area contributed by atoms with Crippen LogP contribution in [-0.4, -0.2) is 41.7 Å². The van der Waals surface area contributed by atoms with Crippen LogP contribution in [0.25, 0.3) is 11.3 Å². The van der Waals surface area contributed by atoms with E-state index in [1.54, 1.807) is 0 Å². The molecule has 0 spiro atoms. The van der Waals surface area contributed by atoms with Crippen LogP contribution < -0.4 is 4.90 Å². The monoisotopic (exact) mass is 411 g/mol. The number of methoxy groups -OCH3 is 1. The lowest BCUT2D eigenvalue weighted by Crippen LogP contribution is -2.33. The maximum Gasteiger partial charge on any atom is 0.339 e. The average molecular weight is 412 g/mol. The van der Waals surface area contributed by atoms with Crippen molar-refractivity contribution in [2.45, 2.75) is 65.6 Å². The Bertz CT molecular complexity index is 882. The maximum atomic E-state index is 12.8. The van der Waals surface area contributed by atoms with E-state index in [-0.39, 0.29) is 0 Å². The van der Waals surface area contributed by atoms with Crippen molar-refractivity contribution in [3.8, 4) is 11.3 Å². The van der Waals surface area contributed by atoms with E-state index < -0.39 is 17.7 Å². The fraction of sp³-hybridized carbons (Fsp3) is 0.542. The minimum atomic E-state index is -0.901. The Morgan fingerprint density at radius 1 is 1.03 bits per heavy atom. The van der Waals surface area contributed by atoms with Crippen LogP contribution in [0.15, 0.2) is 24.3 Å². The number of aromatic nitrogens is 2. The Morgan fingerprint density at radius 3 is 2.23 bits per heavy atom. The normalized spacial score (nSPS) is 15.7. The van der Waals surface area contributed by atoms with Crippen molar-refractivity contribution in [2.24, 2.45) is 0 Å². The first kappa shape index (κ1) is 22.2. The molecule has 6 heteroatoms. The van der Waals surface area contributed by atoms with Gasteiger partial charge in [0.2, 0.25) is 5.95 Å². The number of carbonyl (C=O) groups excluding carboxylic acids is 1. The molecule has 1 aromatic carbocycles. The van der Waals surface area contributed by atoms with E-state index in [4.69, 9.17) is 19.4 Å². The molecule has 30 heavy (non-hydrogen) atoms. The van der Waals surface area contributed by atoms with Gasteiger partial charge in [0.05, 0.1) is 18.4 Å². The van der Waals surface area contributed by atoms with E-state index in [1.165, 1.54) is 13.5 Å². The highest BCUT2D eigenvalue weighted by molar-refractivity contribution is 5.81. The number of rotatable bonds is 5. The third-order valence-electron chi connectivity index (χ3n) is 5.24. The second-order valence-electron chi connectivity index (χ2n) is 8.92. The summed E-state index contributed by atoms with van der Waals surface area (Å²) in [4.78, 5) is 24.7. The summed E-state index contributed by atoms with van der Waals surface area (Å²) in [5.74, 6) is 0.265. The maximum absolute atomic E-state index is 12.8. The van der Waals surface area contributed by atoms with E-state index >= 15 is 0 Å². The fourth-order valence-corrected chi connectivity index (χ4v) is 3.73. The van der Waals surface area contributed by atoms with Crippen LogP contribution in [0.1, 0.15) is 63.0 Å². The summed E-state index contributed by atoms with van der Waals surface area (Å²) < 4.78 is 11.3. The molecule has 0 amide bonds. The van der Waals surface area contributed by atoms with Gasteiger partial charge in [-0.2, -0.15) is 0 Å².